The van der Waals surface area contributed by atoms with Crippen LogP contribution in [0.5, 0.6) is 0 Å². The Morgan fingerprint density at radius 3 is 1.54 bits per heavy atom. The molecule has 6 heteroatoms. The van der Waals surface area contributed by atoms with Gasteiger partial charge in [0.1, 0.15) is 36.6 Å². The van der Waals surface area contributed by atoms with Crippen molar-refractivity contribution in [3.63, 3.8) is 0 Å². The summed E-state index contributed by atoms with van der Waals surface area (Å²) >= 11 is 0. The van der Waals surface area contributed by atoms with Gasteiger partial charge in [0.25, 0.3) is 6.48 Å². The SMILES string of the molecule is OC1[C@H](O)C2OC3OC2C(O3)[C@@H]1O. The van der Waals surface area contributed by atoms with Crippen LogP contribution in [-0.4, -0.2) is 58.4 Å². The number of hydrogen-bond acceptors (Lipinski definition) is 6. The molecule has 0 aromatic rings. The van der Waals surface area contributed by atoms with E-state index in [2.05, 4.69) is 0 Å². The fourth-order valence-electron chi connectivity index (χ4n) is 2.12. The predicted molar refractivity (Wildman–Crippen MR) is 36.4 cm³/mol. The fourth-order valence-corrected chi connectivity index (χ4v) is 2.12. The molecule has 0 aromatic heterocycles. The number of aliphatic hydroxyl groups excluding tert-OH is 3. The van der Waals surface area contributed by atoms with Gasteiger partial charge in [-0.25, -0.2) is 0 Å². The van der Waals surface area contributed by atoms with Gasteiger partial charge in [-0.3, -0.25) is 0 Å². The molecule has 2 heterocycles. The van der Waals surface area contributed by atoms with Crippen LogP contribution >= 0.6 is 0 Å². The highest BCUT2D eigenvalue weighted by molar-refractivity contribution is 5.05. The van der Waals surface area contributed by atoms with Gasteiger partial charge in [0.2, 0.25) is 0 Å². The lowest BCUT2D eigenvalue weighted by molar-refractivity contribution is -0.286. The van der Waals surface area contributed by atoms with Crippen molar-refractivity contribution in [1.82, 2.24) is 0 Å². The van der Waals surface area contributed by atoms with E-state index in [-0.39, 0.29) is 0 Å². The minimum Gasteiger partial charge on any atom is -0.387 e. The summed E-state index contributed by atoms with van der Waals surface area (Å²) in [4.78, 5) is 0. The van der Waals surface area contributed by atoms with Gasteiger partial charge in [0.15, 0.2) is 0 Å². The highest BCUT2D eigenvalue weighted by atomic mass is 16.9. The Kier molecular flexibility index (Phi) is 1.50. The van der Waals surface area contributed by atoms with Crippen LogP contribution in [0.4, 0.5) is 0 Å². The van der Waals surface area contributed by atoms with Gasteiger partial charge < -0.3 is 29.5 Å². The van der Waals surface area contributed by atoms with Crippen LogP contribution < -0.4 is 0 Å². The van der Waals surface area contributed by atoms with Crippen LogP contribution in [0.2, 0.25) is 0 Å². The molecule has 1 saturated carbocycles. The number of rotatable bonds is 0. The summed E-state index contributed by atoms with van der Waals surface area (Å²) in [5.74, 6) is 0. The molecule has 0 spiro atoms. The first-order valence-electron chi connectivity index (χ1n) is 4.19. The summed E-state index contributed by atoms with van der Waals surface area (Å²) in [6.07, 6.45) is -5.06. The van der Waals surface area contributed by atoms with E-state index < -0.39 is 43.1 Å². The summed E-state index contributed by atoms with van der Waals surface area (Å²) in [5, 5.41) is 28.3. The minimum atomic E-state index is -1.23. The van der Waals surface area contributed by atoms with E-state index in [4.69, 9.17) is 14.2 Å². The Morgan fingerprint density at radius 2 is 1.08 bits per heavy atom. The normalized spacial score (nSPS) is 64.4. The van der Waals surface area contributed by atoms with Crippen LogP contribution in [-0.2, 0) is 14.2 Å². The second-order valence-corrected chi connectivity index (χ2v) is 3.56. The van der Waals surface area contributed by atoms with Gasteiger partial charge in [-0.1, -0.05) is 0 Å². The number of fused-ring (bicyclic) bond motifs is 1. The highest BCUT2D eigenvalue weighted by Gasteiger charge is 2.61. The highest BCUT2D eigenvalue weighted by Crippen LogP contribution is 2.40. The molecule has 3 fully saturated rings. The molecule has 0 aromatic carbocycles. The van der Waals surface area contributed by atoms with E-state index in [0.717, 1.165) is 0 Å². The van der Waals surface area contributed by atoms with Crippen molar-refractivity contribution in [2.24, 2.45) is 0 Å². The zero-order valence-electron chi connectivity index (χ0n) is 6.61. The van der Waals surface area contributed by atoms with Crippen LogP contribution in [0.15, 0.2) is 0 Å². The fraction of sp³-hybridized carbons (Fsp3) is 1.00. The molecule has 2 bridgehead atoms. The number of hydrogen-bond donors (Lipinski definition) is 3. The van der Waals surface area contributed by atoms with Crippen molar-refractivity contribution in [1.29, 1.82) is 0 Å². The van der Waals surface area contributed by atoms with E-state index in [1.165, 1.54) is 0 Å². The maximum Gasteiger partial charge on any atom is 0.272 e. The zero-order chi connectivity index (χ0) is 9.16. The second-order valence-electron chi connectivity index (χ2n) is 3.56. The smallest absolute Gasteiger partial charge is 0.272 e. The molecular weight excluding hydrogens is 180 g/mol. The van der Waals surface area contributed by atoms with Gasteiger partial charge in [0.05, 0.1) is 0 Å². The third-order valence-corrected chi connectivity index (χ3v) is 2.83. The van der Waals surface area contributed by atoms with Crippen molar-refractivity contribution < 1.29 is 29.5 Å². The molecule has 2 saturated heterocycles. The van der Waals surface area contributed by atoms with Gasteiger partial charge >= 0.3 is 0 Å². The Hall–Kier alpha value is -0.240. The van der Waals surface area contributed by atoms with Gasteiger partial charge in [0, 0.05) is 0 Å². The van der Waals surface area contributed by atoms with Crippen molar-refractivity contribution >= 4 is 0 Å². The maximum absolute atomic E-state index is 9.49. The molecule has 3 aliphatic rings. The average Bonchev–Trinajstić information content (AvgIpc) is 2.70. The zero-order valence-corrected chi connectivity index (χ0v) is 6.61. The maximum atomic E-state index is 9.49. The van der Waals surface area contributed by atoms with Crippen LogP contribution in [0.1, 0.15) is 0 Å². The summed E-state index contributed by atoms with van der Waals surface area (Å²) < 4.78 is 15.3. The van der Waals surface area contributed by atoms with Gasteiger partial charge in [-0.2, -0.15) is 0 Å². The summed E-state index contributed by atoms with van der Waals surface area (Å²) in [6, 6.07) is 0. The lowest BCUT2D eigenvalue weighted by Crippen LogP contribution is -2.63. The van der Waals surface area contributed by atoms with E-state index in [1.54, 1.807) is 0 Å². The molecule has 0 radical (unpaired) electrons. The second kappa shape index (κ2) is 2.41. The Labute approximate surface area is 73.6 Å². The molecule has 3 N–H and O–H groups in total. The number of ether oxygens (including phenoxy) is 3. The molecule has 1 aliphatic carbocycles. The predicted octanol–water partition coefficient (Wildman–Crippen LogP) is -2.45. The van der Waals surface area contributed by atoms with Crippen LogP contribution in [0.25, 0.3) is 0 Å². The third kappa shape index (κ3) is 0.876. The summed E-state index contributed by atoms with van der Waals surface area (Å²) in [5.41, 5.74) is 0. The Morgan fingerprint density at radius 1 is 0.615 bits per heavy atom. The van der Waals surface area contributed by atoms with Crippen LogP contribution in [0.3, 0.4) is 0 Å². The Bertz CT molecular complexity index is 213. The average molecular weight is 190 g/mol. The van der Waals surface area contributed by atoms with Crippen molar-refractivity contribution in [3.05, 3.63) is 0 Å². The molecule has 13 heavy (non-hydrogen) atoms. The monoisotopic (exact) mass is 190 g/mol. The number of aliphatic hydroxyl groups is 3. The van der Waals surface area contributed by atoms with Crippen LogP contribution in [0, 0.1) is 0 Å². The van der Waals surface area contributed by atoms with Crippen molar-refractivity contribution in [2.75, 3.05) is 0 Å². The molecule has 5 unspecified atom stereocenters. The third-order valence-electron chi connectivity index (χ3n) is 2.83. The molecular formula is C7H10O6. The van der Waals surface area contributed by atoms with E-state index >= 15 is 0 Å². The standard InChI is InChI=1S/C7H10O6/c8-1-2(9)4-6-5(3(1)10)12-7(11-4)13-6/h1-10H/t1?,2-,3+,4?,5?,6?,7?. The lowest BCUT2D eigenvalue weighted by atomic mass is 9.85. The molecule has 6 nitrogen and oxygen atoms in total. The van der Waals surface area contributed by atoms with Crippen molar-refractivity contribution in [2.45, 2.75) is 43.1 Å². The quantitative estimate of drug-likeness (QED) is 0.393. The summed E-state index contributed by atoms with van der Waals surface area (Å²) in [7, 11) is 0. The topological polar surface area (TPSA) is 88.4 Å². The lowest BCUT2D eigenvalue weighted by Gasteiger charge is -2.41. The summed E-state index contributed by atoms with van der Waals surface area (Å²) in [6.45, 7) is -0.795. The first-order chi connectivity index (χ1) is 6.18. The first-order valence-corrected chi connectivity index (χ1v) is 4.19. The largest absolute Gasteiger partial charge is 0.387 e. The van der Waals surface area contributed by atoms with E-state index in [0.29, 0.717) is 0 Å². The minimum absolute atomic E-state index is 0.460. The molecule has 7 atom stereocenters. The van der Waals surface area contributed by atoms with Crippen molar-refractivity contribution in [3.8, 4) is 0 Å². The molecule has 2 aliphatic heterocycles. The molecule has 3 rings (SSSR count). The first kappa shape index (κ1) is 8.10. The molecule has 0 amide bonds. The molecule has 74 valence electrons. The Balaban J connectivity index is 1.93. The van der Waals surface area contributed by atoms with Gasteiger partial charge in [-0.05, 0) is 0 Å². The van der Waals surface area contributed by atoms with Gasteiger partial charge in [-0.15, -0.1) is 0 Å². The van der Waals surface area contributed by atoms with E-state index in [9.17, 15) is 15.3 Å². The van der Waals surface area contributed by atoms with E-state index in [1.807, 2.05) is 0 Å².